The standard InChI is InChI=1S/C50H80N2.2C10H21.Ni/c1-9-17-19-20-21-22-23-24-25-26-27-28-29-30-31-32-34-48-47(33-18-10-2)49(43-35-39(11-3)45(15-7)40(12-4)36-43)52(51)50(48)44-37-41(13-5)46(16-8)42(14-6)38-44;2*1-3-5-7-9-10-8-6-4-2;/h35-38H,9-34H2,1-8H3;2*1,3-10H2,2H3;/q;2*-1;+2. The molecule has 0 bridgehead atoms. The number of rotatable bonds is 42. The van der Waals surface area contributed by atoms with Gasteiger partial charge >= 0.3 is 16.5 Å². The van der Waals surface area contributed by atoms with Gasteiger partial charge in [0.05, 0.1) is 0 Å². The fourth-order valence-corrected chi connectivity index (χ4v) is 11.3. The normalized spacial score (nSPS) is 12.3. The van der Waals surface area contributed by atoms with E-state index in [4.69, 9.17) is 0 Å². The molecule has 422 valence electrons. The number of unbranched alkanes of at least 4 members (excludes halogenated alkanes) is 30. The minimum Gasteiger partial charge on any atom is -0.493 e. The summed E-state index contributed by atoms with van der Waals surface area (Å²) in [6.45, 7) is 30.5. The zero-order chi connectivity index (χ0) is 53.0. The summed E-state index contributed by atoms with van der Waals surface area (Å²) in [4.78, 5) is 0. The molecular weight excluding hydrogens is 927 g/mol. The molecule has 0 aromatic heterocycles. The van der Waals surface area contributed by atoms with Gasteiger partial charge in [-0.15, -0.1) is 0 Å². The van der Waals surface area contributed by atoms with E-state index in [0.717, 1.165) is 88.4 Å². The van der Waals surface area contributed by atoms with E-state index in [9.17, 15) is 5.53 Å². The Labute approximate surface area is 468 Å². The molecule has 1 aliphatic heterocycles. The molecule has 0 unspecified atom stereocenters. The zero-order valence-corrected chi connectivity index (χ0v) is 51.6. The number of nitrogens with zero attached hydrogens (tertiary/aromatic N) is 2. The first-order chi connectivity index (χ1) is 35.3. The maximum absolute atomic E-state index is 12.5. The van der Waals surface area contributed by atoms with Crippen LogP contribution < -0.4 is 0 Å². The Morgan fingerprint density at radius 1 is 0.315 bits per heavy atom. The van der Waals surface area contributed by atoms with E-state index < -0.39 is 0 Å². The molecule has 1 aliphatic rings. The predicted octanol–water partition coefficient (Wildman–Crippen LogP) is 24.0. The summed E-state index contributed by atoms with van der Waals surface area (Å²) >= 11 is 0. The van der Waals surface area contributed by atoms with Crippen LogP contribution in [0.3, 0.4) is 0 Å². The molecule has 3 rings (SSSR count). The third kappa shape index (κ3) is 28.8. The van der Waals surface area contributed by atoms with Crippen LogP contribution in [0.25, 0.3) is 16.9 Å². The van der Waals surface area contributed by atoms with Crippen LogP contribution in [0.4, 0.5) is 0 Å². The third-order valence-electron chi connectivity index (χ3n) is 15.8. The molecule has 2 aromatic rings. The van der Waals surface area contributed by atoms with Crippen molar-refractivity contribution in [3.8, 4) is 0 Å². The summed E-state index contributed by atoms with van der Waals surface area (Å²) in [6.07, 6.45) is 54.6. The van der Waals surface area contributed by atoms with Gasteiger partial charge in [-0.25, -0.2) is 4.70 Å². The second-order valence-electron chi connectivity index (χ2n) is 21.7. The Morgan fingerprint density at radius 2 is 0.548 bits per heavy atom. The summed E-state index contributed by atoms with van der Waals surface area (Å²) < 4.78 is 1.65. The van der Waals surface area contributed by atoms with Crippen molar-refractivity contribution in [3.05, 3.63) is 99.3 Å². The van der Waals surface area contributed by atoms with Gasteiger partial charge in [0.25, 0.3) is 0 Å². The molecule has 0 radical (unpaired) electrons. The smallest absolute Gasteiger partial charge is 0.493 e. The van der Waals surface area contributed by atoms with Crippen LogP contribution in [0, 0.1) is 13.8 Å². The Morgan fingerprint density at radius 3 is 0.781 bits per heavy atom. The molecule has 73 heavy (non-hydrogen) atoms. The number of hydrogen-bond donors (Lipinski definition) is 0. The first kappa shape index (κ1) is 71.0. The van der Waals surface area contributed by atoms with Gasteiger partial charge in [0.1, 0.15) is 0 Å². The first-order valence-corrected chi connectivity index (χ1v) is 32.1. The molecule has 3 heteroatoms. The second kappa shape index (κ2) is 48.4. The number of aryl methyl sites for hydroxylation is 4. The fraction of sp³-hybridized carbons (Fsp3) is 0.743. The van der Waals surface area contributed by atoms with Crippen LogP contribution in [0.15, 0.2) is 35.4 Å². The maximum atomic E-state index is 12.5. The van der Waals surface area contributed by atoms with E-state index in [1.807, 2.05) is 0 Å². The fourth-order valence-electron chi connectivity index (χ4n) is 11.3. The average molecular weight is 1050 g/mol. The molecule has 0 saturated carbocycles. The van der Waals surface area contributed by atoms with Crippen LogP contribution >= 0.6 is 0 Å². The quantitative estimate of drug-likeness (QED) is 0.0274. The topological polar surface area (TPSA) is 25.3 Å². The van der Waals surface area contributed by atoms with Gasteiger partial charge in [0.2, 0.25) is 11.4 Å². The van der Waals surface area contributed by atoms with Crippen molar-refractivity contribution >= 4 is 11.4 Å². The molecule has 0 aliphatic carbocycles. The molecule has 0 saturated heterocycles. The maximum Gasteiger partial charge on any atom is 2.00 e. The molecular formula is C70H122N2Ni. The van der Waals surface area contributed by atoms with E-state index >= 15 is 0 Å². The third-order valence-corrected chi connectivity index (χ3v) is 15.8. The van der Waals surface area contributed by atoms with Crippen LogP contribution in [-0.4, -0.2) is 4.70 Å². The average Bonchev–Trinajstić information content (AvgIpc) is 3.68. The molecule has 0 N–H and O–H groups in total. The van der Waals surface area contributed by atoms with Gasteiger partial charge < -0.3 is 19.4 Å². The van der Waals surface area contributed by atoms with Crippen molar-refractivity contribution in [2.24, 2.45) is 0 Å². The van der Waals surface area contributed by atoms with Crippen LogP contribution in [0.2, 0.25) is 0 Å². The van der Waals surface area contributed by atoms with Gasteiger partial charge in [0, 0.05) is 22.3 Å². The minimum absolute atomic E-state index is 0. The van der Waals surface area contributed by atoms with Crippen molar-refractivity contribution in [2.45, 2.75) is 339 Å². The van der Waals surface area contributed by atoms with Crippen LogP contribution in [0.5, 0.6) is 0 Å². The first-order valence-electron chi connectivity index (χ1n) is 32.1. The van der Waals surface area contributed by atoms with Crippen molar-refractivity contribution in [1.29, 1.82) is 0 Å². The van der Waals surface area contributed by atoms with Crippen molar-refractivity contribution < 1.29 is 21.2 Å². The summed E-state index contributed by atoms with van der Waals surface area (Å²) in [5.41, 5.74) is 28.5. The van der Waals surface area contributed by atoms with Crippen LogP contribution in [-0.2, 0) is 55.0 Å². The molecule has 1 heterocycles. The van der Waals surface area contributed by atoms with Gasteiger partial charge in [-0.2, -0.15) is 12.8 Å². The van der Waals surface area contributed by atoms with E-state index in [0.29, 0.717) is 0 Å². The molecule has 0 amide bonds. The number of benzene rings is 2. The molecule has 2 nitrogen and oxygen atoms in total. The van der Waals surface area contributed by atoms with E-state index in [1.165, 1.54) is 248 Å². The summed E-state index contributed by atoms with van der Waals surface area (Å²) in [6, 6.07) is 9.65. The molecule has 0 atom stereocenters. The number of allylic oxidation sites excluding steroid dienone is 2. The Bertz CT molecular complexity index is 1630. The Balaban J connectivity index is 0.00000206. The van der Waals surface area contributed by atoms with Gasteiger partial charge in [-0.3, -0.25) is 0 Å². The van der Waals surface area contributed by atoms with Crippen molar-refractivity contribution in [3.63, 3.8) is 0 Å². The van der Waals surface area contributed by atoms with Crippen molar-refractivity contribution in [1.82, 2.24) is 0 Å². The van der Waals surface area contributed by atoms with Crippen molar-refractivity contribution in [2.75, 3.05) is 0 Å². The second-order valence-corrected chi connectivity index (χ2v) is 21.7. The van der Waals surface area contributed by atoms with E-state index in [2.05, 4.69) is 107 Å². The molecule has 2 aromatic carbocycles. The van der Waals surface area contributed by atoms with Crippen LogP contribution in [0.1, 0.15) is 345 Å². The largest absolute Gasteiger partial charge is 2.00 e. The number of hydrogen-bond acceptors (Lipinski definition) is 0. The summed E-state index contributed by atoms with van der Waals surface area (Å²) in [7, 11) is 0. The zero-order valence-electron chi connectivity index (χ0n) is 50.6. The summed E-state index contributed by atoms with van der Waals surface area (Å²) in [5.74, 6) is 0. The Hall–Kier alpha value is -1.99. The van der Waals surface area contributed by atoms with E-state index in [1.54, 1.807) is 4.70 Å². The van der Waals surface area contributed by atoms with Gasteiger partial charge in [0.15, 0.2) is 0 Å². The summed E-state index contributed by atoms with van der Waals surface area (Å²) in [5, 5.41) is 0. The minimum atomic E-state index is 0. The monoisotopic (exact) mass is 1050 g/mol. The predicted molar refractivity (Wildman–Crippen MR) is 326 cm³/mol. The Kier molecular flexibility index (Phi) is 47.1. The molecule has 0 fully saturated rings. The van der Waals surface area contributed by atoms with Gasteiger partial charge in [-0.1, -0.05) is 262 Å². The van der Waals surface area contributed by atoms with E-state index in [-0.39, 0.29) is 16.5 Å². The molecule has 0 spiro atoms. The van der Waals surface area contributed by atoms with Gasteiger partial charge in [-0.05, 0) is 122 Å². The SMILES string of the molecule is CCCCCCCCCCCCCCCCCCC1=C(c2cc(CC)c(CC)c(CC)c2)[N+](=[N-])C(c2cc(CC)c(CC)c(CC)c2)=C1CCCC.[CH2-]CCCCCCCCC.[CH2-]CCCCCCCCC.[Ni+2].